The maximum Gasteiger partial charge on any atom is 0.138 e. The average molecular weight is 260 g/mol. The Kier molecular flexibility index (Phi) is 5.15. The molecule has 0 spiro atoms. The van der Waals surface area contributed by atoms with Gasteiger partial charge in [-0.1, -0.05) is 43.7 Å². The van der Waals surface area contributed by atoms with Crippen molar-refractivity contribution in [3.05, 3.63) is 35.9 Å². The van der Waals surface area contributed by atoms with Gasteiger partial charge in [0.2, 0.25) is 0 Å². The third kappa shape index (κ3) is 4.17. The fraction of sp³-hybridized carbons (Fsp3) is 0.588. The molecule has 0 heterocycles. The van der Waals surface area contributed by atoms with Crippen LogP contribution in [0.1, 0.15) is 51.0 Å². The van der Waals surface area contributed by atoms with Crippen molar-refractivity contribution in [3.63, 3.8) is 0 Å². The molecule has 1 aromatic rings. The Balaban J connectivity index is 1.65. The minimum absolute atomic E-state index is 0.0750. The van der Waals surface area contributed by atoms with Crippen LogP contribution < -0.4 is 0 Å². The molecular weight excluding hydrogens is 236 g/mol. The lowest BCUT2D eigenvalue weighted by molar-refractivity contribution is -0.130. The number of Topliss-reactive ketones (excluding diaryl/α,β-unsaturated/α-hetero) is 1. The molecule has 2 nitrogen and oxygen atoms in total. The number of ketones is 1. The lowest BCUT2D eigenvalue weighted by Gasteiger charge is -2.31. The summed E-state index contributed by atoms with van der Waals surface area (Å²) in [6, 6.07) is 10.2. The number of ether oxygens (including phenoxy) is 1. The van der Waals surface area contributed by atoms with E-state index in [0.717, 1.165) is 38.7 Å². The molecule has 2 heteroatoms. The summed E-state index contributed by atoms with van der Waals surface area (Å²) < 4.78 is 5.68. The molecule has 0 N–H and O–H groups in total. The molecule has 1 aromatic carbocycles. The zero-order valence-electron chi connectivity index (χ0n) is 11.9. The highest BCUT2D eigenvalue weighted by atomic mass is 16.5. The van der Waals surface area contributed by atoms with E-state index in [0.29, 0.717) is 12.4 Å². The van der Waals surface area contributed by atoms with Crippen LogP contribution in [0.4, 0.5) is 0 Å². The van der Waals surface area contributed by atoms with E-state index in [1.54, 1.807) is 0 Å². The maximum atomic E-state index is 12.0. The fourth-order valence-electron chi connectivity index (χ4n) is 2.83. The van der Waals surface area contributed by atoms with Gasteiger partial charge >= 0.3 is 0 Å². The van der Waals surface area contributed by atoms with Crippen molar-refractivity contribution < 1.29 is 9.53 Å². The fourth-order valence-corrected chi connectivity index (χ4v) is 2.83. The zero-order chi connectivity index (χ0) is 13.6. The van der Waals surface area contributed by atoms with Crippen LogP contribution in [-0.2, 0) is 16.1 Å². The molecular formula is C17H24O2. The summed E-state index contributed by atoms with van der Waals surface area (Å²) >= 11 is 0. The topological polar surface area (TPSA) is 26.3 Å². The molecule has 0 aromatic heterocycles. The van der Waals surface area contributed by atoms with Gasteiger partial charge in [-0.05, 0) is 31.2 Å². The Morgan fingerprint density at radius 3 is 2.74 bits per heavy atom. The summed E-state index contributed by atoms with van der Waals surface area (Å²) in [5.74, 6) is 0.460. The van der Waals surface area contributed by atoms with Gasteiger partial charge in [-0.2, -0.15) is 0 Å². The van der Waals surface area contributed by atoms with Crippen LogP contribution in [0.15, 0.2) is 30.3 Å². The molecule has 19 heavy (non-hydrogen) atoms. The van der Waals surface area contributed by atoms with Gasteiger partial charge in [0.1, 0.15) is 5.78 Å². The predicted octanol–water partition coefficient (Wildman–Crippen LogP) is 4.13. The third-order valence-electron chi connectivity index (χ3n) is 4.18. The maximum absolute atomic E-state index is 12.0. The molecule has 104 valence electrons. The lowest BCUT2D eigenvalue weighted by Crippen LogP contribution is -2.31. The first kappa shape index (κ1) is 14.3. The monoisotopic (exact) mass is 260 g/mol. The quantitative estimate of drug-likeness (QED) is 0.719. The number of benzene rings is 1. The van der Waals surface area contributed by atoms with E-state index in [-0.39, 0.29) is 5.41 Å². The minimum Gasteiger partial charge on any atom is -0.377 e. The molecule has 0 radical (unpaired) electrons. The van der Waals surface area contributed by atoms with Crippen molar-refractivity contribution in [3.8, 4) is 0 Å². The second-order valence-electron chi connectivity index (χ2n) is 5.83. The van der Waals surface area contributed by atoms with Gasteiger partial charge in [0, 0.05) is 18.4 Å². The highest BCUT2D eigenvalue weighted by molar-refractivity contribution is 5.85. The van der Waals surface area contributed by atoms with E-state index >= 15 is 0 Å². The van der Waals surface area contributed by atoms with E-state index in [2.05, 4.69) is 19.1 Å². The third-order valence-corrected chi connectivity index (χ3v) is 4.18. The summed E-state index contributed by atoms with van der Waals surface area (Å²) in [6.07, 6.45) is 6.08. The molecule has 0 unspecified atom stereocenters. The predicted molar refractivity (Wildman–Crippen MR) is 76.9 cm³/mol. The van der Waals surface area contributed by atoms with Crippen molar-refractivity contribution in [2.45, 2.75) is 52.1 Å². The summed E-state index contributed by atoms with van der Waals surface area (Å²) in [4.78, 5) is 12.0. The molecule has 0 amide bonds. The van der Waals surface area contributed by atoms with Gasteiger partial charge in [-0.15, -0.1) is 0 Å². The van der Waals surface area contributed by atoms with Gasteiger partial charge in [0.25, 0.3) is 0 Å². The van der Waals surface area contributed by atoms with Gasteiger partial charge in [-0.25, -0.2) is 0 Å². The molecule has 1 saturated carbocycles. The van der Waals surface area contributed by atoms with Crippen LogP contribution in [-0.4, -0.2) is 12.4 Å². The van der Waals surface area contributed by atoms with E-state index in [1.165, 1.54) is 12.0 Å². The van der Waals surface area contributed by atoms with E-state index < -0.39 is 0 Å². The van der Waals surface area contributed by atoms with Crippen LogP contribution >= 0.6 is 0 Å². The summed E-state index contributed by atoms with van der Waals surface area (Å²) in [5.41, 5.74) is 1.14. The van der Waals surface area contributed by atoms with Crippen molar-refractivity contribution in [1.29, 1.82) is 0 Å². The van der Waals surface area contributed by atoms with Gasteiger partial charge < -0.3 is 4.74 Å². The molecule has 0 aliphatic heterocycles. The van der Waals surface area contributed by atoms with Crippen LogP contribution in [0.5, 0.6) is 0 Å². The molecule has 2 rings (SSSR count). The number of hydrogen-bond acceptors (Lipinski definition) is 2. The number of hydrogen-bond donors (Lipinski definition) is 0. The molecule has 0 bridgehead atoms. The second kappa shape index (κ2) is 6.85. The van der Waals surface area contributed by atoms with Gasteiger partial charge in [0.15, 0.2) is 0 Å². The van der Waals surface area contributed by atoms with Crippen molar-refractivity contribution in [2.24, 2.45) is 5.41 Å². The summed E-state index contributed by atoms with van der Waals surface area (Å²) in [7, 11) is 0. The molecule has 1 aliphatic rings. The summed E-state index contributed by atoms with van der Waals surface area (Å²) in [6.45, 7) is 3.55. The molecule has 0 saturated heterocycles. The van der Waals surface area contributed by atoms with Crippen molar-refractivity contribution in [1.82, 2.24) is 0 Å². The van der Waals surface area contributed by atoms with E-state index in [9.17, 15) is 4.79 Å². The Morgan fingerprint density at radius 2 is 2.00 bits per heavy atom. The first-order valence-electron chi connectivity index (χ1n) is 7.36. The molecule has 1 fully saturated rings. The van der Waals surface area contributed by atoms with E-state index in [4.69, 9.17) is 4.74 Å². The van der Waals surface area contributed by atoms with Crippen molar-refractivity contribution in [2.75, 3.05) is 6.61 Å². The van der Waals surface area contributed by atoms with Crippen LogP contribution in [0, 0.1) is 5.41 Å². The van der Waals surface area contributed by atoms with Crippen LogP contribution in [0.3, 0.4) is 0 Å². The average Bonchev–Trinajstić information content (AvgIpc) is 2.43. The molecule has 1 atom stereocenters. The number of carbonyl (C=O) groups excluding carboxylic acids is 1. The van der Waals surface area contributed by atoms with Crippen LogP contribution in [0.25, 0.3) is 0 Å². The normalized spacial score (nSPS) is 23.5. The number of carbonyl (C=O) groups is 1. The van der Waals surface area contributed by atoms with Crippen LogP contribution in [0.2, 0.25) is 0 Å². The van der Waals surface area contributed by atoms with E-state index in [1.807, 2.05) is 18.2 Å². The van der Waals surface area contributed by atoms with Gasteiger partial charge in [0.05, 0.1) is 6.61 Å². The first-order chi connectivity index (χ1) is 9.21. The summed E-state index contributed by atoms with van der Waals surface area (Å²) in [5, 5.41) is 0. The highest BCUT2D eigenvalue weighted by Gasteiger charge is 2.34. The van der Waals surface area contributed by atoms with Gasteiger partial charge in [-0.3, -0.25) is 4.79 Å². The SMILES string of the molecule is C[C@]1(CCCOCc2ccccc2)CCCCC1=O. The molecule has 1 aliphatic carbocycles. The highest BCUT2D eigenvalue weighted by Crippen LogP contribution is 2.36. The second-order valence-corrected chi connectivity index (χ2v) is 5.83. The van der Waals surface area contributed by atoms with Crippen molar-refractivity contribution >= 4 is 5.78 Å². The Labute approximate surface area is 116 Å². The minimum atomic E-state index is -0.0750. The Hall–Kier alpha value is -1.15. The largest absolute Gasteiger partial charge is 0.377 e. The lowest BCUT2D eigenvalue weighted by atomic mass is 9.72. The smallest absolute Gasteiger partial charge is 0.138 e. The zero-order valence-corrected chi connectivity index (χ0v) is 11.9. The first-order valence-corrected chi connectivity index (χ1v) is 7.36. The Morgan fingerprint density at radius 1 is 1.21 bits per heavy atom. The Bertz CT molecular complexity index is 399. The number of rotatable bonds is 6. The standard InChI is InChI=1S/C17H24O2/c1-17(11-6-5-10-16(17)18)12-7-13-19-14-15-8-3-2-4-9-15/h2-4,8-9H,5-7,10-14H2,1H3/t17-/m1/s1.